The van der Waals surface area contributed by atoms with Crippen LogP contribution in [0.25, 0.3) is 0 Å². The third-order valence-corrected chi connectivity index (χ3v) is 5.22. The minimum absolute atomic E-state index is 0.392. The van der Waals surface area contributed by atoms with E-state index in [1.54, 1.807) is 0 Å². The highest BCUT2D eigenvalue weighted by molar-refractivity contribution is 4.97. The quantitative estimate of drug-likeness (QED) is 0.406. The zero-order valence-corrected chi connectivity index (χ0v) is 17.8. The summed E-state index contributed by atoms with van der Waals surface area (Å²) in [7, 11) is 0. The van der Waals surface area contributed by atoms with Crippen molar-refractivity contribution in [3.05, 3.63) is 0 Å². The maximum atomic E-state index is 9.98. The van der Waals surface area contributed by atoms with Gasteiger partial charge in [0.25, 0.3) is 0 Å². The fourth-order valence-electron chi connectivity index (χ4n) is 3.76. The van der Waals surface area contributed by atoms with Gasteiger partial charge in [-0.15, -0.1) is 0 Å². The van der Waals surface area contributed by atoms with Crippen LogP contribution in [0.3, 0.4) is 0 Å². The summed E-state index contributed by atoms with van der Waals surface area (Å²) >= 11 is 0. The lowest BCUT2D eigenvalue weighted by Gasteiger charge is -2.25. The Morgan fingerprint density at radius 1 is 0.893 bits per heavy atom. The molecule has 2 aliphatic rings. The van der Waals surface area contributed by atoms with Crippen LogP contribution in [0.1, 0.15) is 72.1 Å². The average molecular weight is 405 g/mol. The van der Waals surface area contributed by atoms with E-state index in [-0.39, 0.29) is 0 Å². The molecule has 166 valence electrons. The summed E-state index contributed by atoms with van der Waals surface area (Å²) in [6.45, 7) is 7.43. The van der Waals surface area contributed by atoms with E-state index >= 15 is 0 Å². The van der Waals surface area contributed by atoms with Crippen molar-refractivity contribution >= 4 is 0 Å². The zero-order valence-electron chi connectivity index (χ0n) is 17.8. The van der Waals surface area contributed by atoms with Gasteiger partial charge in [-0.3, -0.25) is 0 Å². The van der Waals surface area contributed by atoms with Gasteiger partial charge in [0.15, 0.2) is 12.1 Å². The highest BCUT2D eigenvalue weighted by Gasteiger charge is 2.57. The molecule has 28 heavy (non-hydrogen) atoms. The zero-order chi connectivity index (χ0) is 20.4. The van der Waals surface area contributed by atoms with Crippen molar-refractivity contribution in [2.24, 2.45) is 0 Å². The number of unbranched alkanes of at least 4 members (excludes halogenated alkanes) is 6. The first-order valence-corrected chi connectivity index (χ1v) is 11.0. The molecular weight excluding hydrogens is 364 g/mol. The number of ether oxygens (including phenoxy) is 5. The molecule has 0 aromatic rings. The number of rotatable bonds is 15. The molecule has 0 radical (unpaired) electrons. The van der Waals surface area contributed by atoms with E-state index in [0.29, 0.717) is 13.2 Å². The molecule has 0 spiro atoms. The van der Waals surface area contributed by atoms with Crippen molar-refractivity contribution in [1.29, 1.82) is 0 Å². The normalized spacial score (nSPS) is 29.9. The fourth-order valence-corrected chi connectivity index (χ4v) is 3.76. The first-order valence-electron chi connectivity index (χ1n) is 11.0. The Labute approximate surface area is 169 Å². The van der Waals surface area contributed by atoms with Crippen LogP contribution in [-0.2, 0) is 23.7 Å². The largest absolute Gasteiger partial charge is 0.394 e. The summed E-state index contributed by atoms with van der Waals surface area (Å²) in [4.78, 5) is 0. The summed E-state index contributed by atoms with van der Waals surface area (Å²) in [6, 6.07) is 0. The van der Waals surface area contributed by atoms with Gasteiger partial charge >= 0.3 is 0 Å². The first kappa shape index (κ1) is 24.0. The molecular formula is C21H40O7. The number of aliphatic hydroxyl groups is 2. The lowest BCUT2D eigenvalue weighted by Crippen LogP contribution is -2.40. The molecule has 2 rings (SSSR count). The van der Waals surface area contributed by atoms with E-state index in [0.717, 1.165) is 19.4 Å². The van der Waals surface area contributed by atoms with Crippen LogP contribution in [-0.4, -0.2) is 73.1 Å². The molecule has 2 heterocycles. The Kier molecular flexibility index (Phi) is 10.6. The first-order chi connectivity index (χ1) is 13.5. The lowest BCUT2D eigenvalue weighted by atomic mass is 10.1. The summed E-state index contributed by atoms with van der Waals surface area (Å²) < 4.78 is 28.9. The summed E-state index contributed by atoms with van der Waals surface area (Å²) in [5.41, 5.74) is 0. The van der Waals surface area contributed by atoms with Gasteiger partial charge < -0.3 is 33.9 Å². The van der Waals surface area contributed by atoms with Crippen molar-refractivity contribution in [1.82, 2.24) is 0 Å². The Balaban J connectivity index is 1.55. The molecule has 0 saturated carbocycles. The average Bonchev–Trinajstić information content (AvgIpc) is 3.15. The topological polar surface area (TPSA) is 86.6 Å². The van der Waals surface area contributed by atoms with Crippen LogP contribution in [0.15, 0.2) is 0 Å². The van der Waals surface area contributed by atoms with Gasteiger partial charge in [-0.05, 0) is 26.7 Å². The van der Waals surface area contributed by atoms with Crippen molar-refractivity contribution in [2.45, 2.75) is 109 Å². The predicted octanol–water partition coefficient (Wildman–Crippen LogP) is 2.76. The van der Waals surface area contributed by atoms with Gasteiger partial charge in [0.2, 0.25) is 0 Å². The van der Waals surface area contributed by atoms with Crippen LogP contribution in [0.5, 0.6) is 0 Å². The highest BCUT2D eigenvalue weighted by atomic mass is 16.8. The molecule has 2 aliphatic heterocycles. The fraction of sp³-hybridized carbons (Fsp3) is 1.00. The Hall–Kier alpha value is -0.280. The molecule has 0 bridgehead atoms. The molecule has 2 fully saturated rings. The maximum absolute atomic E-state index is 9.98. The Morgan fingerprint density at radius 2 is 1.54 bits per heavy atom. The predicted molar refractivity (Wildman–Crippen MR) is 105 cm³/mol. The Bertz CT molecular complexity index is 418. The number of hydrogen-bond acceptors (Lipinski definition) is 7. The van der Waals surface area contributed by atoms with Crippen LogP contribution in [0.2, 0.25) is 0 Å². The van der Waals surface area contributed by atoms with Crippen LogP contribution in [0.4, 0.5) is 0 Å². The lowest BCUT2D eigenvalue weighted by molar-refractivity contribution is -0.244. The summed E-state index contributed by atoms with van der Waals surface area (Å²) in [6.07, 6.45) is 6.59. The highest BCUT2D eigenvalue weighted by Crippen LogP contribution is 2.40. The van der Waals surface area contributed by atoms with E-state index in [1.807, 2.05) is 13.8 Å². The molecule has 0 unspecified atom stereocenters. The molecule has 7 heteroatoms. The molecule has 0 aromatic carbocycles. The molecule has 2 saturated heterocycles. The Morgan fingerprint density at radius 3 is 2.25 bits per heavy atom. The van der Waals surface area contributed by atoms with Crippen LogP contribution in [0, 0.1) is 0 Å². The summed E-state index contributed by atoms with van der Waals surface area (Å²) in [5, 5.41) is 19.2. The van der Waals surface area contributed by atoms with Crippen LogP contribution < -0.4 is 0 Å². The van der Waals surface area contributed by atoms with Gasteiger partial charge in [0.1, 0.15) is 24.4 Å². The second kappa shape index (κ2) is 12.4. The van der Waals surface area contributed by atoms with Crippen molar-refractivity contribution < 1.29 is 33.9 Å². The van der Waals surface area contributed by atoms with Gasteiger partial charge in [0, 0.05) is 13.2 Å². The van der Waals surface area contributed by atoms with Gasteiger partial charge in [-0.1, -0.05) is 45.4 Å². The molecule has 7 nitrogen and oxygen atoms in total. The summed E-state index contributed by atoms with van der Waals surface area (Å²) in [5.74, 6) is -0.756. The standard InChI is InChI=1S/C21H40O7/c1-4-5-6-7-8-9-10-12-24-13-11-14-25-20-19-18(27-21(2,3)28-19)17(26-20)16(23)15-22/h16-20,22-23H,4-15H2,1-3H3/t16-,17-,18+,19+,20+/m1/s1. The third-order valence-electron chi connectivity index (χ3n) is 5.22. The van der Waals surface area contributed by atoms with E-state index in [2.05, 4.69) is 6.92 Å². The minimum atomic E-state index is -1.02. The third kappa shape index (κ3) is 7.52. The van der Waals surface area contributed by atoms with Gasteiger partial charge in [-0.2, -0.15) is 0 Å². The van der Waals surface area contributed by atoms with Gasteiger partial charge in [0.05, 0.1) is 13.2 Å². The molecule has 0 aromatic heterocycles. The second-order valence-corrected chi connectivity index (χ2v) is 8.24. The molecule has 0 aliphatic carbocycles. The minimum Gasteiger partial charge on any atom is -0.394 e. The number of hydrogen-bond donors (Lipinski definition) is 2. The van der Waals surface area contributed by atoms with Crippen molar-refractivity contribution in [3.63, 3.8) is 0 Å². The van der Waals surface area contributed by atoms with Crippen molar-refractivity contribution in [3.8, 4) is 0 Å². The molecule has 5 atom stereocenters. The van der Waals surface area contributed by atoms with E-state index in [4.69, 9.17) is 23.7 Å². The SMILES string of the molecule is CCCCCCCCCOCCCO[C@H]1O[C@H]([C@H](O)CO)[C@@H]2OC(C)(C)O[C@H]12. The van der Waals surface area contributed by atoms with Gasteiger partial charge in [-0.25, -0.2) is 0 Å². The molecule has 0 amide bonds. The van der Waals surface area contributed by atoms with Crippen LogP contribution >= 0.6 is 0 Å². The van der Waals surface area contributed by atoms with E-state index in [1.165, 1.54) is 38.5 Å². The molecule has 2 N–H and O–H groups in total. The number of aliphatic hydroxyl groups excluding tert-OH is 2. The van der Waals surface area contributed by atoms with Crippen molar-refractivity contribution in [2.75, 3.05) is 26.4 Å². The maximum Gasteiger partial charge on any atom is 0.187 e. The monoisotopic (exact) mass is 404 g/mol. The van der Waals surface area contributed by atoms with E-state index < -0.39 is 43.1 Å². The smallest absolute Gasteiger partial charge is 0.187 e. The second-order valence-electron chi connectivity index (χ2n) is 8.24. The number of fused-ring (bicyclic) bond motifs is 1. The van der Waals surface area contributed by atoms with E-state index in [9.17, 15) is 10.2 Å².